The zero-order chi connectivity index (χ0) is 17.8. The van der Waals surface area contributed by atoms with Crippen molar-refractivity contribution in [3.8, 4) is 0 Å². The molecule has 25 heavy (non-hydrogen) atoms. The molecule has 2 amide bonds. The molecule has 0 heterocycles. The van der Waals surface area contributed by atoms with Crippen LogP contribution in [0.5, 0.6) is 0 Å². The van der Waals surface area contributed by atoms with Gasteiger partial charge in [0.2, 0.25) is 0 Å². The number of nitrogens with one attached hydrogen (secondary N) is 2. The predicted octanol–water partition coefficient (Wildman–Crippen LogP) is 2.62. The zero-order valence-corrected chi connectivity index (χ0v) is 13.7. The molecule has 2 aromatic carbocycles. The number of esters is 1. The number of methoxy groups -OCH3 is 1. The predicted molar refractivity (Wildman–Crippen MR) is 92.7 cm³/mol. The molecule has 0 aliphatic heterocycles. The number of anilines is 1. The molecule has 2 aromatic rings. The van der Waals surface area contributed by atoms with Gasteiger partial charge in [-0.05, 0) is 61.4 Å². The summed E-state index contributed by atoms with van der Waals surface area (Å²) in [6.45, 7) is 0. The van der Waals surface area contributed by atoms with E-state index in [0.717, 1.165) is 12.8 Å². The minimum absolute atomic E-state index is 0.118. The van der Waals surface area contributed by atoms with Crippen LogP contribution in [-0.2, 0) is 4.74 Å². The van der Waals surface area contributed by atoms with E-state index in [-0.39, 0.29) is 11.8 Å². The molecule has 0 saturated heterocycles. The Balaban J connectivity index is 1.62. The normalized spacial score (nSPS) is 13.0. The molecular formula is C19H18N2O4. The third-order valence-electron chi connectivity index (χ3n) is 3.89. The third kappa shape index (κ3) is 4.23. The number of hydrogen-bond acceptors (Lipinski definition) is 4. The van der Waals surface area contributed by atoms with Crippen molar-refractivity contribution in [1.82, 2.24) is 5.32 Å². The van der Waals surface area contributed by atoms with Crippen molar-refractivity contribution in [2.45, 2.75) is 18.9 Å². The van der Waals surface area contributed by atoms with E-state index in [4.69, 9.17) is 0 Å². The van der Waals surface area contributed by atoms with Crippen molar-refractivity contribution < 1.29 is 19.1 Å². The smallest absolute Gasteiger partial charge is 0.337 e. The second-order valence-corrected chi connectivity index (χ2v) is 5.85. The molecule has 6 nitrogen and oxygen atoms in total. The van der Waals surface area contributed by atoms with Crippen molar-refractivity contribution >= 4 is 23.5 Å². The average Bonchev–Trinajstić information content (AvgIpc) is 3.45. The highest BCUT2D eigenvalue weighted by Gasteiger charge is 2.23. The van der Waals surface area contributed by atoms with Gasteiger partial charge in [-0.2, -0.15) is 0 Å². The van der Waals surface area contributed by atoms with Crippen LogP contribution in [0.4, 0.5) is 5.69 Å². The van der Waals surface area contributed by atoms with Crippen LogP contribution in [0.25, 0.3) is 0 Å². The third-order valence-corrected chi connectivity index (χ3v) is 3.89. The second kappa shape index (κ2) is 7.17. The molecule has 1 saturated carbocycles. The molecule has 0 radical (unpaired) electrons. The van der Waals surface area contributed by atoms with E-state index in [9.17, 15) is 14.4 Å². The Labute approximate surface area is 145 Å². The molecule has 1 aliphatic rings. The van der Waals surface area contributed by atoms with Crippen molar-refractivity contribution in [2.75, 3.05) is 12.4 Å². The first-order valence-corrected chi connectivity index (χ1v) is 7.97. The second-order valence-electron chi connectivity index (χ2n) is 5.85. The van der Waals surface area contributed by atoms with Crippen LogP contribution in [-0.4, -0.2) is 30.9 Å². The van der Waals surface area contributed by atoms with Crippen LogP contribution in [0.1, 0.15) is 43.9 Å². The molecule has 128 valence electrons. The monoisotopic (exact) mass is 338 g/mol. The lowest BCUT2D eigenvalue weighted by Crippen LogP contribution is -2.25. The van der Waals surface area contributed by atoms with E-state index in [1.165, 1.54) is 7.11 Å². The molecule has 1 aliphatic carbocycles. The number of ether oxygens (including phenoxy) is 1. The summed E-state index contributed by atoms with van der Waals surface area (Å²) in [6, 6.07) is 13.2. The Morgan fingerprint density at radius 1 is 0.840 bits per heavy atom. The largest absolute Gasteiger partial charge is 0.465 e. The summed E-state index contributed by atoms with van der Waals surface area (Å²) in [5.74, 6) is -0.842. The van der Waals surface area contributed by atoms with E-state index < -0.39 is 5.97 Å². The number of hydrogen-bond donors (Lipinski definition) is 2. The van der Waals surface area contributed by atoms with Gasteiger partial charge in [-0.25, -0.2) is 4.79 Å². The summed E-state index contributed by atoms with van der Waals surface area (Å²) in [5, 5.41) is 5.64. The van der Waals surface area contributed by atoms with Gasteiger partial charge in [0.05, 0.1) is 12.7 Å². The summed E-state index contributed by atoms with van der Waals surface area (Å²) in [6.07, 6.45) is 2.06. The number of carbonyl (C=O) groups is 3. The van der Waals surface area contributed by atoms with Gasteiger partial charge < -0.3 is 15.4 Å². The number of benzene rings is 2. The molecule has 2 N–H and O–H groups in total. The molecule has 0 bridgehead atoms. The molecule has 0 aromatic heterocycles. The van der Waals surface area contributed by atoms with Gasteiger partial charge in [0.1, 0.15) is 0 Å². The molecule has 1 fully saturated rings. The van der Waals surface area contributed by atoms with Crippen LogP contribution in [0.15, 0.2) is 48.5 Å². The number of carbonyl (C=O) groups excluding carboxylic acids is 3. The lowest BCUT2D eigenvalue weighted by Gasteiger charge is -2.07. The summed E-state index contributed by atoms with van der Waals surface area (Å²) in [4.78, 5) is 35.6. The van der Waals surface area contributed by atoms with Gasteiger partial charge in [0.25, 0.3) is 11.8 Å². The molecule has 0 spiro atoms. The van der Waals surface area contributed by atoms with Crippen molar-refractivity contribution in [1.29, 1.82) is 0 Å². The first-order valence-electron chi connectivity index (χ1n) is 7.97. The van der Waals surface area contributed by atoms with Crippen LogP contribution >= 0.6 is 0 Å². The summed E-state index contributed by atoms with van der Waals surface area (Å²) in [5.41, 5.74) is 1.95. The molecule has 0 atom stereocenters. The Hall–Kier alpha value is -3.15. The van der Waals surface area contributed by atoms with Crippen LogP contribution in [0.3, 0.4) is 0 Å². The van der Waals surface area contributed by atoms with E-state index >= 15 is 0 Å². The van der Waals surface area contributed by atoms with Crippen molar-refractivity contribution in [2.24, 2.45) is 0 Å². The van der Waals surface area contributed by atoms with Gasteiger partial charge in [-0.15, -0.1) is 0 Å². The van der Waals surface area contributed by atoms with Gasteiger partial charge in [-0.3, -0.25) is 9.59 Å². The van der Waals surface area contributed by atoms with Crippen molar-refractivity contribution in [3.63, 3.8) is 0 Å². The standard InChI is InChI=1S/C19H18N2O4/c1-25-19(24)14-6-8-15(9-7-14)20-17(22)12-2-4-13(5-3-12)18(23)21-16-10-11-16/h2-9,16H,10-11H2,1H3,(H,20,22)(H,21,23). The minimum atomic E-state index is -0.432. The first-order chi connectivity index (χ1) is 12.1. The van der Waals surface area contributed by atoms with Crippen LogP contribution in [0.2, 0.25) is 0 Å². The van der Waals surface area contributed by atoms with Gasteiger partial charge >= 0.3 is 5.97 Å². The molecule has 6 heteroatoms. The van der Waals surface area contributed by atoms with E-state index in [1.54, 1.807) is 48.5 Å². The van der Waals surface area contributed by atoms with E-state index in [2.05, 4.69) is 15.4 Å². The van der Waals surface area contributed by atoms with Gasteiger partial charge in [-0.1, -0.05) is 0 Å². The van der Waals surface area contributed by atoms with Gasteiger partial charge in [0, 0.05) is 22.9 Å². The molecule has 0 unspecified atom stereocenters. The average molecular weight is 338 g/mol. The first kappa shape index (κ1) is 16.7. The maximum Gasteiger partial charge on any atom is 0.337 e. The Morgan fingerprint density at radius 2 is 1.36 bits per heavy atom. The number of amides is 2. The summed E-state index contributed by atoms with van der Waals surface area (Å²) >= 11 is 0. The maximum atomic E-state index is 12.3. The van der Waals surface area contributed by atoms with E-state index in [0.29, 0.717) is 28.4 Å². The summed E-state index contributed by atoms with van der Waals surface area (Å²) < 4.78 is 4.63. The zero-order valence-electron chi connectivity index (χ0n) is 13.7. The fraction of sp³-hybridized carbons (Fsp3) is 0.211. The van der Waals surface area contributed by atoms with Crippen LogP contribution in [0, 0.1) is 0 Å². The van der Waals surface area contributed by atoms with Gasteiger partial charge in [0.15, 0.2) is 0 Å². The quantitative estimate of drug-likeness (QED) is 0.821. The molecular weight excluding hydrogens is 320 g/mol. The van der Waals surface area contributed by atoms with Crippen LogP contribution < -0.4 is 10.6 Å². The number of rotatable bonds is 5. The minimum Gasteiger partial charge on any atom is -0.465 e. The lowest BCUT2D eigenvalue weighted by molar-refractivity contribution is 0.0600. The maximum absolute atomic E-state index is 12.3. The van der Waals surface area contributed by atoms with Crippen molar-refractivity contribution in [3.05, 3.63) is 65.2 Å². The fourth-order valence-electron chi connectivity index (χ4n) is 2.28. The Morgan fingerprint density at radius 3 is 1.88 bits per heavy atom. The SMILES string of the molecule is COC(=O)c1ccc(NC(=O)c2ccc(C(=O)NC3CC3)cc2)cc1. The Kier molecular flexibility index (Phi) is 4.79. The highest BCUT2D eigenvalue weighted by atomic mass is 16.5. The highest BCUT2D eigenvalue weighted by Crippen LogP contribution is 2.19. The molecule has 3 rings (SSSR count). The summed E-state index contributed by atoms with van der Waals surface area (Å²) in [7, 11) is 1.31. The van der Waals surface area contributed by atoms with E-state index in [1.807, 2.05) is 0 Å². The fourth-order valence-corrected chi connectivity index (χ4v) is 2.28. The topological polar surface area (TPSA) is 84.5 Å². The lowest BCUT2D eigenvalue weighted by atomic mass is 10.1. The highest BCUT2D eigenvalue weighted by molar-refractivity contribution is 6.05. The Bertz CT molecular complexity index is 793.